The summed E-state index contributed by atoms with van der Waals surface area (Å²) in [7, 11) is 0. The highest BCUT2D eigenvalue weighted by Crippen LogP contribution is 2.38. The number of carbonyl (C=O) groups is 1. The Morgan fingerprint density at radius 3 is 2.75 bits per heavy atom. The zero-order valence-electron chi connectivity index (χ0n) is 10.7. The maximum absolute atomic E-state index is 10.9. The molecule has 6 heteroatoms. The molecule has 1 fully saturated rings. The topological polar surface area (TPSA) is 66.6 Å². The van der Waals surface area contributed by atoms with Gasteiger partial charge in [0.05, 0.1) is 0 Å². The monoisotopic (exact) mass is 336 g/mol. The minimum Gasteiger partial charge on any atom is -0.475 e. The summed E-state index contributed by atoms with van der Waals surface area (Å²) in [5.74, 6) is -1.26. The van der Waals surface area contributed by atoms with Gasteiger partial charge in [0, 0.05) is 34.9 Å². The molecular formula is C14H13BrN2O3. The molecule has 0 bridgehead atoms. The highest BCUT2D eigenvalue weighted by Gasteiger charge is 2.21. The zero-order chi connectivity index (χ0) is 14.1. The van der Waals surface area contributed by atoms with Gasteiger partial charge in [-0.15, -0.1) is 0 Å². The number of hydrogen-bond acceptors (Lipinski definition) is 4. The van der Waals surface area contributed by atoms with E-state index in [1.54, 1.807) is 0 Å². The zero-order valence-corrected chi connectivity index (χ0v) is 12.3. The third-order valence-electron chi connectivity index (χ3n) is 3.42. The van der Waals surface area contributed by atoms with Gasteiger partial charge in [-0.1, -0.05) is 27.2 Å². The number of halogens is 1. The van der Waals surface area contributed by atoms with Crippen molar-refractivity contribution in [1.82, 2.24) is 5.16 Å². The normalized spacial score (nSPS) is 14.8. The van der Waals surface area contributed by atoms with Crippen molar-refractivity contribution < 1.29 is 14.4 Å². The highest BCUT2D eigenvalue weighted by molar-refractivity contribution is 9.10. The van der Waals surface area contributed by atoms with E-state index in [0.29, 0.717) is 5.69 Å². The van der Waals surface area contributed by atoms with Crippen molar-refractivity contribution in [3.63, 3.8) is 0 Å². The number of rotatable bonds is 3. The van der Waals surface area contributed by atoms with E-state index in [0.717, 1.165) is 28.8 Å². The Kier molecular flexibility index (Phi) is 3.48. The predicted molar refractivity (Wildman–Crippen MR) is 78.0 cm³/mol. The van der Waals surface area contributed by atoms with Crippen LogP contribution in [0.4, 0.5) is 5.69 Å². The number of carboxylic acids is 1. The minimum absolute atomic E-state index is 0.150. The van der Waals surface area contributed by atoms with Crippen LogP contribution >= 0.6 is 15.9 Å². The first-order valence-electron chi connectivity index (χ1n) is 6.40. The smallest absolute Gasteiger partial charge is 0.374 e. The summed E-state index contributed by atoms with van der Waals surface area (Å²) in [6.07, 6.45) is 2.34. The first kappa shape index (κ1) is 13.2. The quantitative estimate of drug-likeness (QED) is 0.930. The second-order valence-electron chi connectivity index (χ2n) is 4.71. The number of nitrogens with zero attached hydrogens (tertiary/aromatic N) is 2. The number of carboxylic acid groups (broad SMARTS) is 1. The van der Waals surface area contributed by atoms with Crippen molar-refractivity contribution in [2.75, 3.05) is 18.0 Å². The Morgan fingerprint density at radius 1 is 1.35 bits per heavy atom. The first-order chi connectivity index (χ1) is 9.66. The molecule has 0 saturated carbocycles. The Hall–Kier alpha value is -1.82. The summed E-state index contributed by atoms with van der Waals surface area (Å²) < 4.78 is 5.75. The average Bonchev–Trinajstić information content (AvgIpc) is 3.10. The molecule has 0 amide bonds. The van der Waals surface area contributed by atoms with Crippen molar-refractivity contribution in [2.45, 2.75) is 12.8 Å². The summed E-state index contributed by atoms with van der Waals surface area (Å²) in [4.78, 5) is 13.2. The Morgan fingerprint density at radius 2 is 2.10 bits per heavy atom. The molecule has 1 aromatic heterocycles. The maximum atomic E-state index is 10.9. The van der Waals surface area contributed by atoms with E-state index in [4.69, 9.17) is 9.63 Å². The van der Waals surface area contributed by atoms with Crippen LogP contribution in [0.3, 0.4) is 0 Å². The van der Waals surface area contributed by atoms with E-state index in [-0.39, 0.29) is 5.76 Å². The van der Waals surface area contributed by atoms with E-state index < -0.39 is 5.97 Å². The first-order valence-corrected chi connectivity index (χ1v) is 7.20. The highest BCUT2D eigenvalue weighted by atomic mass is 79.9. The van der Waals surface area contributed by atoms with E-state index in [1.165, 1.54) is 18.9 Å². The van der Waals surface area contributed by atoms with Gasteiger partial charge < -0.3 is 14.5 Å². The van der Waals surface area contributed by atoms with Gasteiger partial charge in [-0.05, 0) is 25.0 Å². The molecule has 104 valence electrons. The molecule has 0 unspecified atom stereocenters. The Bertz CT molecular complexity index is 648. The van der Waals surface area contributed by atoms with Crippen molar-refractivity contribution in [3.8, 4) is 11.3 Å². The van der Waals surface area contributed by atoms with Crippen LogP contribution in [0.1, 0.15) is 23.4 Å². The lowest BCUT2D eigenvalue weighted by molar-refractivity contribution is 0.0652. The average molecular weight is 337 g/mol. The molecule has 0 aliphatic carbocycles. The number of benzene rings is 1. The Labute approximate surface area is 124 Å². The van der Waals surface area contributed by atoms with Gasteiger partial charge in [-0.2, -0.15) is 0 Å². The van der Waals surface area contributed by atoms with Gasteiger partial charge in [0.25, 0.3) is 0 Å². The van der Waals surface area contributed by atoms with Gasteiger partial charge in [-0.3, -0.25) is 0 Å². The lowest BCUT2D eigenvalue weighted by Crippen LogP contribution is -2.18. The van der Waals surface area contributed by atoms with E-state index in [1.807, 2.05) is 18.2 Å². The number of aromatic nitrogens is 1. The molecule has 5 nitrogen and oxygen atoms in total. The van der Waals surface area contributed by atoms with Gasteiger partial charge in [-0.25, -0.2) is 4.79 Å². The van der Waals surface area contributed by atoms with Crippen LogP contribution in [0, 0.1) is 0 Å². The van der Waals surface area contributed by atoms with Crippen LogP contribution in [0.5, 0.6) is 0 Å². The van der Waals surface area contributed by atoms with Gasteiger partial charge in [0.2, 0.25) is 5.76 Å². The van der Waals surface area contributed by atoms with Crippen LogP contribution in [-0.2, 0) is 0 Å². The number of aromatic carboxylic acids is 1. The molecule has 3 rings (SSSR count). The summed E-state index contributed by atoms with van der Waals surface area (Å²) in [6, 6.07) is 7.38. The molecule has 1 aliphatic rings. The summed E-state index contributed by atoms with van der Waals surface area (Å²) in [5, 5.41) is 12.8. The molecular weight excluding hydrogens is 324 g/mol. The van der Waals surface area contributed by atoms with E-state index >= 15 is 0 Å². The minimum atomic E-state index is -1.11. The van der Waals surface area contributed by atoms with Crippen molar-refractivity contribution in [2.24, 2.45) is 0 Å². The summed E-state index contributed by atoms with van der Waals surface area (Å²) in [5.41, 5.74) is 2.48. The Balaban J connectivity index is 2.08. The van der Waals surface area contributed by atoms with Crippen LogP contribution in [0.2, 0.25) is 0 Å². The fraction of sp³-hybridized carbons (Fsp3) is 0.286. The third kappa shape index (κ3) is 2.31. The van der Waals surface area contributed by atoms with Crippen LogP contribution < -0.4 is 4.90 Å². The van der Waals surface area contributed by atoms with Crippen LogP contribution in [0.25, 0.3) is 11.3 Å². The second-order valence-corrected chi connectivity index (χ2v) is 5.56. The number of hydrogen-bond donors (Lipinski definition) is 1. The van der Waals surface area contributed by atoms with Crippen LogP contribution in [0.15, 0.2) is 33.3 Å². The fourth-order valence-electron chi connectivity index (χ4n) is 2.48. The van der Waals surface area contributed by atoms with Crippen molar-refractivity contribution >= 4 is 27.6 Å². The second kappa shape index (κ2) is 5.28. The van der Waals surface area contributed by atoms with Gasteiger partial charge in [0.15, 0.2) is 0 Å². The largest absolute Gasteiger partial charge is 0.475 e. The third-order valence-corrected chi connectivity index (χ3v) is 4.08. The lowest BCUT2D eigenvalue weighted by Gasteiger charge is -2.21. The molecule has 2 heterocycles. The van der Waals surface area contributed by atoms with Crippen molar-refractivity contribution in [1.29, 1.82) is 0 Å². The summed E-state index contributed by atoms with van der Waals surface area (Å²) in [6.45, 7) is 2.01. The van der Waals surface area contributed by atoms with Gasteiger partial charge in [0.1, 0.15) is 5.69 Å². The standard InChI is InChI=1S/C14H13BrN2O3/c15-9-4-3-5-11(17-6-1-2-7-17)13(9)10-8-12(14(18)19)20-16-10/h3-5,8H,1-2,6-7H2,(H,18,19). The van der Waals surface area contributed by atoms with E-state index in [9.17, 15) is 4.79 Å². The molecule has 1 N–H and O–H groups in total. The lowest BCUT2D eigenvalue weighted by atomic mass is 10.1. The predicted octanol–water partition coefficient (Wildman–Crippen LogP) is 3.40. The molecule has 0 atom stereocenters. The SMILES string of the molecule is O=C(O)c1cc(-c2c(Br)cccc2N2CCCC2)no1. The maximum Gasteiger partial charge on any atom is 0.374 e. The number of anilines is 1. The molecule has 1 aliphatic heterocycles. The molecule has 0 radical (unpaired) electrons. The molecule has 1 saturated heterocycles. The van der Waals surface area contributed by atoms with E-state index in [2.05, 4.69) is 26.0 Å². The molecule has 20 heavy (non-hydrogen) atoms. The molecule has 2 aromatic rings. The molecule has 0 spiro atoms. The summed E-state index contributed by atoms with van der Waals surface area (Å²) >= 11 is 3.52. The van der Waals surface area contributed by atoms with Crippen LogP contribution in [-0.4, -0.2) is 29.3 Å². The van der Waals surface area contributed by atoms with Gasteiger partial charge >= 0.3 is 5.97 Å². The fourth-order valence-corrected chi connectivity index (χ4v) is 3.04. The molecule has 1 aromatic carbocycles. The van der Waals surface area contributed by atoms with Crippen molar-refractivity contribution in [3.05, 3.63) is 34.5 Å².